The molecule has 1 N–H and O–H groups in total. The van der Waals surface area contributed by atoms with Crippen LogP contribution in [0.1, 0.15) is 38.1 Å². The Labute approximate surface area is 166 Å². The summed E-state index contributed by atoms with van der Waals surface area (Å²) < 4.78 is 4.96. The Kier molecular flexibility index (Phi) is 7.35. The lowest BCUT2D eigenvalue weighted by atomic mass is 9.90. The van der Waals surface area contributed by atoms with Gasteiger partial charge < -0.3 is 15.0 Å². The minimum Gasteiger partial charge on any atom is -0.462 e. The van der Waals surface area contributed by atoms with Gasteiger partial charge in [0.05, 0.1) is 24.8 Å². The van der Waals surface area contributed by atoms with Crippen LogP contribution in [-0.2, 0) is 9.53 Å². The highest BCUT2D eigenvalue weighted by Crippen LogP contribution is 2.16. The summed E-state index contributed by atoms with van der Waals surface area (Å²) in [6.07, 6.45) is 1.53. The van der Waals surface area contributed by atoms with Crippen LogP contribution in [-0.4, -0.2) is 66.6 Å². The quantitative estimate of drug-likeness (QED) is 0.707. The molecular weight excluding hydrogens is 358 g/mol. The van der Waals surface area contributed by atoms with Gasteiger partial charge >= 0.3 is 5.97 Å². The van der Waals surface area contributed by atoms with Gasteiger partial charge in [-0.25, -0.2) is 9.78 Å². The number of piperazine rings is 1. The molecule has 0 aromatic carbocycles. The molecule has 1 unspecified atom stereocenters. The molecule has 0 aliphatic carbocycles. The monoisotopic (exact) mass is 387 g/mol. The Hall–Kier alpha value is -2.66. The van der Waals surface area contributed by atoms with Crippen molar-refractivity contribution in [2.45, 2.75) is 33.2 Å². The maximum absolute atomic E-state index is 12.3. The van der Waals surface area contributed by atoms with Gasteiger partial charge in [0.25, 0.3) is 0 Å². The zero-order valence-electron chi connectivity index (χ0n) is 17.1. The molecule has 2 rings (SSSR count). The Balaban J connectivity index is 1.85. The van der Waals surface area contributed by atoms with Crippen molar-refractivity contribution in [3.8, 4) is 6.07 Å². The van der Waals surface area contributed by atoms with Gasteiger partial charge in [0.2, 0.25) is 5.91 Å². The van der Waals surface area contributed by atoms with Crippen molar-refractivity contribution >= 4 is 17.7 Å². The topological polar surface area (TPSA) is 98.6 Å². The van der Waals surface area contributed by atoms with Gasteiger partial charge in [0, 0.05) is 32.4 Å². The van der Waals surface area contributed by atoms with E-state index in [1.54, 1.807) is 19.9 Å². The Morgan fingerprint density at radius 1 is 1.32 bits per heavy atom. The Morgan fingerprint density at radius 2 is 2.00 bits per heavy atom. The first-order valence-corrected chi connectivity index (χ1v) is 9.61. The predicted octanol–water partition coefficient (Wildman–Crippen LogP) is 1.43. The van der Waals surface area contributed by atoms with Crippen LogP contribution in [0, 0.1) is 17.2 Å². The van der Waals surface area contributed by atoms with Crippen molar-refractivity contribution in [2.75, 3.05) is 44.2 Å². The summed E-state index contributed by atoms with van der Waals surface area (Å²) >= 11 is 0. The molecule has 1 aromatic rings. The smallest absolute Gasteiger partial charge is 0.339 e. The molecule has 0 spiro atoms. The van der Waals surface area contributed by atoms with E-state index in [0.717, 1.165) is 32.0 Å². The third-order valence-electron chi connectivity index (χ3n) is 5.11. The largest absolute Gasteiger partial charge is 0.462 e. The number of pyridine rings is 1. The normalized spacial score (nSPS) is 16.9. The van der Waals surface area contributed by atoms with Crippen LogP contribution < -0.4 is 10.2 Å². The van der Waals surface area contributed by atoms with Crippen LogP contribution in [0.3, 0.4) is 0 Å². The summed E-state index contributed by atoms with van der Waals surface area (Å²) in [5.74, 6) is 0.322. The molecule has 8 heteroatoms. The molecule has 1 atom stereocenters. The molecule has 1 amide bonds. The number of ether oxygens (including phenoxy) is 1. The third-order valence-corrected chi connectivity index (χ3v) is 5.11. The van der Waals surface area contributed by atoms with Crippen LogP contribution in [0.5, 0.6) is 0 Å². The lowest BCUT2D eigenvalue weighted by Crippen LogP contribution is -2.54. The van der Waals surface area contributed by atoms with E-state index < -0.39 is 5.54 Å². The second kappa shape index (κ2) is 9.51. The number of aromatic nitrogens is 1. The van der Waals surface area contributed by atoms with Gasteiger partial charge in [0.15, 0.2) is 0 Å². The third kappa shape index (κ3) is 5.42. The first kappa shape index (κ1) is 21.6. The number of rotatable bonds is 7. The van der Waals surface area contributed by atoms with Crippen molar-refractivity contribution < 1.29 is 14.3 Å². The molecule has 152 valence electrons. The minimum atomic E-state index is -0.858. The second-order valence-corrected chi connectivity index (χ2v) is 7.41. The maximum Gasteiger partial charge on any atom is 0.339 e. The number of carbonyl (C=O) groups is 2. The first-order chi connectivity index (χ1) is 13.3. The number of amides is 1. The van der Waals surface area contributed by atoms with E-state index >= 15 is 0 Å². The van der Waals surface area contributed by atoms with Crippen molar-refractivity contribution in [3.63, 3.8) is 0 Å². The number of esters is 1. The SMILES string of the molecule is CCOC(=O)c1ccc(N2CCN(CC(=O)NC(C)(C#N)C(C)C)CC2)nc1. The molecule has 1 aliphatic rings. The number of hydrogen-bond donors (Lipinski definition) is 1. The summed E-state index contributed by atoms with van der Waals surface area (Å²) in [7, 11) is 0. The summed E-state index contributed by atoms with van der Waals surface area (Å²) in [5, 5.41) is 12.2. The van der Waals surface area contributed by atoms with Gasteiger partial charge in [-0.15, -0.1) is 0 Å². The number of anilines is 1. The Bertz CT molecular complexity index is 720. The lowest BCUT2D eigenvalue weighted by Gasteiger charge is -2.36. The summed E-state index contributed by atoms with van der Waals surface area (Å²) in [6.45, 7) is 10.9. The van der Waals surface area contributed by atoms with Gasteiger partial charge in [0.1, 0.15) is 11.4 Å². The van der Waals surface area contributed by atoms with Crippen LogP contribution in [0.25, 0.3) is 0 Å². The molecule has 28 heavy (non-hydrogen) atoms. The van der Waals surface area contributed by atoms with E-state index in [4.69, 9.17) is 4.74 Å². The van der Waals surface area contributed by atoms with Gasteiger partial charge in [-0.3, -0.25) is 9.69 Å². The van der Waals surface area contributed by atoms with Crippen molar-refractivity contribution in [1.82, 2.24) is 15.2 Å². The van der Waals surface area contributed by atoms with Gasteiger partial charge in [-0.05, 0) is 31.9 Å². The summed E-state index contributed by atoms with van der Waals surface area (Å²) in [5.41, 5.74) is -0.421. The molecule has 0 bridgehead atoms. The number of hydrogen-bond acceptors (Lipinski definition) is 7. The van der Waals surface area contributed by atoms with E-state index in [2.05, 4.69) is 26.2 Å². The number of nitrogens with zero attached hydrogens (tertiary/aromatic N) is 4. The Morgan fingerprint density at radius 3 is 2.50 bits per heavy atom. The molecule has 1 saturated heterocycles. The van der Waals surface area contributed by atoms with Crippen molar-refractivity contribution in [1.29, 1.82) is 5.26 Å². The first-order valence-electron chi connectivity index (χ1n) is 9.61. The van der Waals surface area contributed by atoms with Crippen LogP contribution in [0.4, 0.5) is 5.82 Å². The van der Waals surface area contributed by atoms with E-state index in [1.165, 1.54) is 6.20 Å². The predicted molar refractivity (Wildman–Crippen MR) is 106 cm³/mol. The fraction of sp³-hybridized carbons (Fsp3) is 0.600. The van der Waals surface area contributed by atoms with Crippen molar-refractivity contribution in [3.05, 3.63) is 23.9 Å². The molecule has 1 fully saturated rings. The molecule has 1 aromatic heterocycles. The highest BCUT2D eigenvalue weighted by atomic mass is 16.5. The maximum atomic E-state index is 12.3. The average molecular weight is 387 g/mol. The molecule has 8 nitrogen and oxygen atoms in total. The molecule has 0 saturated carbocycles. The zero-order valence-corrected chi connectivity index (χ0v) is 17.1. The number of nitriles is 1. The summed E-state index contributed by atoms with van der Waals surface area (Å²) in [4.78, 5) is 32.6. The summed E-state index contributed by atoms with van der Waals surface area (Å²) in [6, 6.07) is 5.73. The standard InChI is InChI=1S/C20H29N5O3/c1-5-28-19(27)16-6-7-17(22-12-16)25-10-8-24(9-11-25)13-18(26)23-20(4,14-21)15(2)3/h6-7,12,15H,5,8-11,13H2,1-4H3,(H,23,26). The fourth-order valence-electron chi connectivity index (χ4n) is 2.88. The van der Waals surface area contributed by atoms with E-state index in [1.807, 2.05) is 19.9 Å². The van der Waals surface area contributed by atoms with E-state index in [9.17, 15) is 14.9 Å². The number of carbonyl (C=O) groups excluding carboxylic acids is 2. The molecule has 2 heterocycles. The second-order valence-electron chi connectivity index (χ2n) is 7.41. The van der Waals surface area contributed by atoms with Crippen LogP contribution in [0.2, 0.25) is 0 Å². The van der Waals surface area contributed by atoms with E-state index in [-0.39, 0.29) is 24.3 Å². The van der Waals surface area contributed by atoms with Crippen molar-refractivity contribution in [2.24, 2.45) is 5.92 Å². The lowest BCUT2D eigenvalue weighted by molar-refractivity contribution is -0.124. The fourth-order valence-corrected chi connectivity index (χ4v) is 2.88. The highest BCUT2D eigenvalue weighted by molar-refractivity contribution is 5.89. The van der Waals surface area contributed by atoms with Gasteiger partial charge in [-0.2, -0.15) is 5.26 Å². The average Bonchev–Trinajstić information content (AvgIpc) is 2.68. The van der Waals surface area contributed by atoms with E-state index in [0.29, 0.717) is 12.2 Å². The van der Waals surface area contributed by atoms with Crippen LogP contribution in [0.15, 0.2) is 18.3 Å². The van der Waals surface area contributed by atoms with Gasteiger partial charge in [-0.1, -0.05) is 13.8 Å². The molecular formula is C20H29N5O3. The van der Waals surface area contributed by atoms with Crippen LogP contribution >= 0.6 is 0 Å². The highest BCUT2D eigenvalue weighted by Gasteiger charge is 2.31. The molecule has 1 aliphatic heterocycles. The minimum absolute atomic E-state index is 0.0296. The number of nitrogens with one attached hydrogen (secondary N) is 1. The zero-order chi connectivity index (χ0) is 20.7. The molecule has 0 radical (unpaired) electrons.